The standard InChI is InChI=1S/C22H20F6N4O2/c1-11-7-32(8-13(11)9-34-10-22(26,27)28)20-17(25)2-12(5-30-20)21(33)31-19-6-29-18-4-16(24)15(23)3-14(18)19/h2-6,11,13,29H,7-10H2,1H3,(H,31,33)/t11-,13-/m1/s1. The van der Waals surface area contributed by atoms with Crippen molar-refractivity contribution in [3.63, 3.8) is 0 Å². The van der Waals surface area contributed by atoms with E-state index in [4.69, 9.17) is 4.74 Å². The Morgan fingerprint density at radius 3 is 2.62 bits per heavy atom. The number of fused-ring (bicyclic) bond motifs is 1. The summed E-state index contributed by atoms with van der Waals surface area (Å²) in [7, 11) is 0. The van der Waals surface area contributed by atoms with Crippen LogP contribution in [-0.2, 0) is 4.74 Å². The number of halogens is 6. The van der Waals surface area contributed by atoms with Crippen molar-refractivity contribution in [3.05, 3.63) is 53.6 Å². The number of carbonyl (C=O) groups is 1. The molecule has 12 heteroatoms. The number of carbonyl (C=O) groups excluding carboxylic acids is 1. The molecule has 182 valence electrons. The van der Waals surface area contributed by atoms with E-state index < -0.39 is 36.1 Å². The van der Waals surface area contributed by atoms with Crippen LogP contribution in [0.2, 0.25) is 0 Å². The zero-order valence-corrected chi connectivity index (χ0v) is 17.8. The number of anilines is 2. The first-order valence-electron chi connectivity index (χ1n) is 10.3. The van der Waals surface area contributed by atoms with Crippen LogP contribution in [0.1, 0.15) is 17.3 Å². The summed E-state index contributed by atoms with van der Waals surface area (Å²) in [5.74, 6) is -3.92. The number of hydrogen-bond donors (Lipinski definition) is 2. The van der Waals surface area contributed by atoms with Gasteiger partial charge in [0.05, 0.1) is 23.4 Å². The molecule has 1 aliphatic heterocycles. The smallest absolute Gasteiger partial charge is 0.372 e. The molecule has 1 fully saturated rings. The number of nitrogens with zero attached hydrogens (tertiary/aromatic N) is 2. The van der Waals surface area contributed by atoms with Gasteiger partial charge in [-0.2, -0.15) is 13.2 Å². The van der Waals surface area contributed by atoms with Gasteiger partial charge in [-0.15, -0.1) is 0 Å². The largest absolute Gasteiger partial charge is 0.411 e. The minimum atomic E-state index is -4.41. The Hall–Kier alpha value is -3.28. The lowest BCUT2D eigenvalue weighted by molar-refractivity contribution is -0.176. The number of alkyl halides is 3. The molecule has 0 aliphatic carbocycles. The summed E-state index contributed by atoms with van der Waals surface area (Å²) in [5, 5.41) is 2.74. The molecule has 0 bridgehead atoms. The number of benzene rings is 1. The molecule has 0 unspecified atom stereocenters. The summed E-state index contributed by atoms with van der Waals surface area (Å²) >= 11 is 0. The number of ether oxygens (including phenoxy) is 1. The average molecular weight is 486 g/mol. The van der Waals surface area contributed by atoms with Crippen LogP contribution < -0.4 is 10.2 Å². The van der Waals surface area contributed by atoms with Gasteiger partial charge in [0.15, 0.2) is 23.3 Å². The summed E-state index contributed by atoms with van der Waals surface area (Å²) in [4.78, 5) is 20.9. The number of hydrogen-bond acceptors (Lipinski definition) is 4. The fourth-order valence-corrected chi connectivity index (χ4v) is 3.95. The van der Waals surface area contributed by atoms with Crippen LogP contribution in [0.15, 0.2) is 30.6 Å². The first kappa shape index (κ1) is 23.9. The van der Waals surface area contributed by atoms with E-state index in [9.17, 15) is 31.1 Å². The number of amides is 1. The molecule has 1 amide bonds. The van der Waals surface area contributed by atoms with E-state index in [0.717, 1.165) is 18.2 Å². The highest BCUT2D eigenvalue weighted by atomic mass is 19.4. The molecular formula is C22H20F6N4O2. The Morgan fingerprint density at radius 1 is 1.18 bits per heavy atom. The maximum atomic E-state index is 14.8. The Kier molecular flexibility index (Phi) is 6.43. The second-order valence-electron chi connectivity index (χ2n) is 8.27. The first-order chi connectivity index (χ1) is 16.0. The average Bonchev–Trinajstić information content (AvgIpc) is 3.30. The summed E-state index contributed by atoms with van der Waals surface area (Å²) in [6.07, 6.45) is -1.89. The SMILES string of the molecule is C[C@@H]1CN(c2ncc(C(=O)Nc3c[nH]c4cc(F)c(F)cc34)cc2F)C[C@@H]1COCC(F)(F)F. The van der Waals surface area contributed by atoms with Crippen LogP contribution in [0.25, 0.3) is 10.9 Å². The monoisotopic (exact) mass is 486 g/mol. The highest BCUT2D eigenvalue weighted by Gasteiger charge is 2.34. The van der Waals surface area contributed by atoms with E-state index >= 15 is 0 Å². The molecule has 1 aliphatic rings. The van der Waals surface area contributed by atoms with Crippen molar-refractivity contribution in [3.8, 4) is 0 Å². The molecule has 2 aromatic heterocycles. The molecule has 4 rings (SSSR count). The van der Waals surface area contributed by atoms with Gasteiger partial charge in [-0.25, -0.2) is 18.2 Å². The molecule has 0 saturated carbocycles. The number of rotatable bonds is 6. The van der Waals surface area contributed by atoms with Crippen molar-refractivity contribution in [1.82, 2.24) is 9.97 Å². The molecule has 6 nitrogen and oxygen atoms in total. The lowest BCUT2D eigenvalue weighted by Gasteiger charge is -2.18. The van der Waals surface area contributed by atoms with E-state index in [1.54, 1.807) is 4.90 Å². The maximum absolute atomic E-state index is 14.8. The number of aromatic nitrogens is 2. The van der Waals surface area contributed by atoms with Crippen molar-refractivity contribution in [2.75, 3.05) is 36.5 Å². The lowest BCUT2D eigenvalue weighted by Crippen LogP contribution is -2.25. The Balaban J connectivity index is 1.43. The number of H-pyrrole nitrogens is 1. The third kappa shape index (κ3) is 5.11. The quantitative estimate of drug-likeness (QED) is 0.487. The van der Waals surface area contributed by atoms with E-state index in [2.05, 4.69) is 15.3 Å². The number of nitrogens with one attached hydrogen (secondary N) is 2. The second-order valence-corrected chi connectivity index (χ2v) is 8.27. The zero-order valence-electron chi connectivity index (χ0n) is 17.8. The molecule has 3 heterocycles. The predicted molar refractivity (Wildman–Crippen MR) is 112 cm³/mol. The predicted octanol–water partition coefficient (Wildman–Crippen LogP) is 4.88. The minimum Gasteiger partial charge on any atom is -0.372 e. The zero-order chi connectivity index (χ0) is 24.6. The highest BCUT2D eigenvalue weighted by Crippen LogP contribution is 2.30. The van der Waals surface area contributed by atoms with Crippen LogP contribution in [0.4, 0.5) is 37.8 Å². The fraction of sp³-hybridized carbons (Fsp3) is 0.364. The molecule has 0 radical (unpaired) electrons. The molecular weight excluding hydrogens is 466 g/mol. The summed E-state index contributed by atoms with van der Waals surface area (Å²) < 4.78 is 83.3. The van der Waals surface area contributed by atoms with Crippen molar-refractivity contribution < 1.29 is 35.9 Å². The van der Waals surface area contributed by atoms with Gasteiger partial charge in [0, 0.05) is 42.9 Å². The summed E-state index contributed by atoms with van der Waals surface area (Å²) in [5.41, 5.74) is 0.347. The van der Waals surface area contributed by atoms with Gasteiger partial charge < -0.3 is 19.9 Å². The van der Waals surface area contributed by atoms with Crippen molar-refractivity contribution in [2.24, 2.45) is 11.8 Å². The fourth-order valence-electron chi connectivity index (χ4n) is 3.95. The van der Waals surface area contributed by atoms with Gasteiger partial charge in [-0.3, -0.25) is 4.79 Å². The van der Waals surface area contributed by atoms with Gasteiger partial charge in [0.1, 0.15) is 6.61 Å². The van der Waals surface area contributed by atoms with Crippen LogP contribution >= 0.6 is 0 Å². The summed E-state index contributed by atoms with van der Waals surface area (Å²) in [6.45, 7) is 0.995. The van der Waals surface area contributed by atoms with Gasteiger partial charge in [-0.1, -0.05) is 6.92 Å². The van der Waals surface area contributed by atoms with Gasteiger partial charge in [0.2, 0.25) is 0 Å². The molecule has 34 heavy (non-hydrogen) atoms. The highest BCUT2D eigenvalue weighted by molar-refractivity contribution is 6.08. The molecule has 3 aromatic rings. The summed E-state index contributed by atoms with van der Waals surface area (Å²) in [6, 6.07) is 2.88. The number of aromatic amines is 1. The Bertz CT molecular complexity index is 1210. The molecule has 2 N–H and O–H groups in total. The van der Waals surface area contributed by atoms with Crippen molar-refractivity contribution >= 4 is 28.3 Å². The first-order valence-corrected chi connectivity index (χ1v) is 10.3. The Labute approximate surface area is 189 Å². The van der Waals surface area contributed by atoms with Gasteiger partial charge >= 0.3 is 6.18 Å². The normalized spacial score (nSPS) is 18.6. The van der Waals surface area contributed by atoms with Crippen LogP contribution in [0.3, 0.4) is 0 Å². The topological polar surface area (TPSA) is 70.2 Å². The van der Waals surface area contributed by atoms with Gasteiger partial charge in [-0.05, 0) is 18.1 Å². The minimum absolute atomic E-state index is 0.0219. The van der Waals surface area contributed by atoms with Crippen LogP contribution in [-0.4, -0.2) is 48.4 Å². The van der Waals surface area contributed by atoms with E-state index in [1.165, 1.54) is 12.4 Å². The lowest BCUT2D eigenvalue weighted by atomic mass is 9.99. The third-order valence-corrected chi connectivity index (χ3v) is 5.72. The van der Waals surface area contributed by atoms with E-state index in [0.29, 0.717) is 6.54 Å². The molecule has 0 spiro atoms. The van der Waals surface area contributed by atoms with Gasteiger partial charge in [0.25, 0.3) is 5.91 Å². The van der Waals surface area contributed by atoms with E-state index in [-0.39, 0.29) is 53.0 Å². The van der Waals surface area contributed by atoms with Crippen LogP contribution in [0.5, 0.6) is 0 Å². The van der Waals surface area contributed by atoms with Crippen molar-refractivity contribution in [1.29, 1.82) is 0 Å². The van der Waals surface area contributed by atoms with E-state index in [1.807, 2.05) is 6.92 Å². The Morgan fingerprint density at radius 2 is 1.91 bits per heavy atom. The second kappa shape index (κ2) is 9.16. The maximum Gasteiger partial charge on any atom is 0.411 e. The van der Waals surface area contributed by atoms with Crippen molar-refractivity contribution in [2.45, 2.75) is 13.1 Å². The van der Waals surface area contributed by atoms with Crippen LogP contribution in [0, 0.1) is 29.3 Å². The third-order valence-electron chi connectivity index (χ3n) is 5.72. The number of pyridine rings is 1. The molecule has 2 atom stereocenters. The molecule has 1 aromatic carbocycles. The molecule has 1 saturated heterocycles.